The van der Waals surface area contributed by atoms with Gasteiger partial charge in [-0.05, 0) is 39.0 Å². The van der Waals surface area contributed by atoms with E-state index in [1.807, 2.05) is 0 Å². The summed E-state index contributed by atoms with van der Waals surface area (Å²) < 4.78 is 44.0. The van der Waals surface area contributed by atoms with Crippen molar-refractivity contribution in [3.8, 4) is 5.75 Å². The SMILES string of the molecule is COc1ccc2occ(N(C(N)=O)C(=O)C3CC(F)(F)CN3C(=O)OC(C)(C)C)c2c1. The summed E-state index contributed by atoms with van der Waals surface area (Å²) in [5, 5.41) is 0.306. The fourth-order valence-electron chi connectivity index (χ4n) is 3.34. The summed E-state index contributed by atoms with van der Waals surface area (Å²) in [5.41, 5.74) is 4.72. The number of imide groups is 1. The molecule has 1 aromatic heterocycles. The number of alkyl halides is 2. The molecular formula is C20H23F2N3O6. The van der Waals surface area contributed by atoms with Crippen molar-refractivity contribution >= 4 is 34.7 Å². The number of hydrogen-bond donors (Lipinski definition) is 1. The Bertz CT molecular complexity index is 1030. The van der Waals surface area contributed by atoms with E-state index in [0.29, 0.717) is 26.5 Å². The number of carbonyl (C=O) groups is 3. The van der Waals surface area contributed by atoms with E-state index < -0.39 is 48.6 Å². The normalized spacial score (nSPS) is 18.1. The largest absolute Gasteiger partial charge is 0.497 e. The third-order valence-corrected chi connectivity index (χ3v) is 4.62. The van der Waals surface area contributed by atoms with Gasteiger partial charge in [-0.1, -0.05) is 0 Å². The van der Waals surface area contributed by atoms with Crippen LogP contribution in [0.1, 0.15) is 27.2 Å². The summed E-state index contributed by atoms with van der Waals surface area (Å²) in [6, 6.07) is 1.79. The molecule has 0 aliphatic carbocycles. The van der Waals surface area contributed by atoms with Gasteiger partial charge in [0.2, 0.25) is 0 Å². The Hall–Kier alpha value is -3.37. The van der Waals surface area contributed by atoms with Crippen LogP contribution in [0.2, 0.25) is 0 Å². The predicted octanol–water partition coefficient (Wildman–Crippen LogP) is 3.50. The summed E-state index contributed by atoms with van der Waals surface area (Å²) in [4.78, 5) is 39.0. The number of benzene rings is 1. The molecule has 1 aliphatic rings. The Balaban J connectivity index is 2.00. The van der Waals surface area contributed by atoms with Gasteiger partial charge in [0.1, 0.15) is 29.2 Å². The van der Waals surface area contributed by atoms with E-state index >= 15 is 0 Å². The number of likely N-dealkylation sites (tertiary alicyclic amines) is 1. The number of primary amides is 1. The summed E-state index contributed by atoms with van der Waals surface area (Å²) in [5.74, 6) is -4.03. The van der Waals surface area contributed by atoms with E-state index in [0.717, 1.165) is 6.26 Å². The van der Waals surface area contributed by atoms with Crippen LogP contribution < -0.4 is 15.4 Å². The minimum atomic E-state index is -3.35. The molecule has 1 atom stereocenters. The van der Waals surface area contributed by atoms with Crippen molar-refractivity contribution in [3.05, 3.63) is 24.5 Å². The highest BCUT2D eigenvalue weighted by Gasteiger charge is 2.53. The fraction of sp³-hybridized carbons (Fsp3) is 0.450. The van der Waals surface area contributed by atoms with Gasteiger partial charge in [0, 0.05) is 11.8 Å². The van der Waals surface area contributed by atoms with E-state index in [-0.39, 0.29) is 5.69 Å². The van der Waals surface area contributed by atoms with Crippen LogP contribution in [0.15, 0.2) is 28.9 Å². The monoisotopic (exact) mass is 439 g/mol. The standard InChI is InChI=1S/C20H23F2N3O6/c1-19(2,3)31-18(28)24-10-20(21,22)8-13(24)16(26)25(17(23)27)14-9-30-15-6-5-11(29-4)7-12(14)15/h5-7,9,13H,8,10H2,1-4H3,(H2,23,27). The van der Waals surface area contributed by atoms with Gasteiger partial charge in [-0.3, -0.25) is 9.69 Å². The summed E-state index contributed by atoms with van der Waals surface area (Å²) in [7, 11) is 1.43. The van der Waals surface area contributed by atoms with Crippen molar-refractivity contribution in [3.63, 3.8) is 0 Å². The molecule has 168 valence electrons. The Morgan fingerprint density at radius 3 is 2.55 bits per heavy atom. The molecule has 2 heterocycles. The lowest BCUT2D eigenvalue weighted by atomic mass is 10.1. The second-order valence-corrected chi connectivity index (χ2v) is 8.18. The molecule has 2 N–H and O–H groups in total. The van der Waals surface area contributed by atoms with Crippen LogP contribution in [0.4, 0.5) is 24.1 Å². The van der Waals surface area contributed by atoms with Crippen molar-refractivity contribution in [2.24, 2.45) is 5.73 Å². The van der Waals surface area contributed by atoms with E-state index in [2.05, 4.69) is 0 Å². The van der Waals surface area contributed by atoms with Crippen LogP contribution in [0, 0.1) is 0 Å². The number of ether oxygens (including phenoxy) is 2. The Morgan fingerprint density at radius 2 is 1.97 bits per heavy atom. The zero-order valence-corrected chi connectivity index (χ0v) is 17.5. The molecule has 0 spiro atoms. The van der Waals surface area contributed by atoms with Crippen LogP contribution in [0.3, 0.4) is 0 Å². The molecule has 1 unspecified atom stereocenters. The summed E-state index contributed by atoms with van der Waals surface area (Å²) in [6.07, 6.45) is -0.961. The molecule has 3 rings (SSSR count). The van der Waals surface area contributed by atoms with Gasteiger partial charge in [-0.2, -0.15) is 0 Å². The average molecular weight is 439 g/mol. The highest BCUT2D eigenvalue weighted by Crippen LogP contribution is 2.37. The Kier molecular flexibility index (Phi) is 5.55. The van der Waals surface area contributed by atoms with Gasteiger partial charge in [0.15, 0.2) is 0 Å². The third kappa shape index (κ3) is 4.54. The summed E-state index contributed by atoms with van der Waals surface area (Å²) in [6.45, 7) is 3.68. The Morgan fingerprint density at radius 1 is 1.29 bits per heavy atom. The van der Waals surface area contributed by atoms with Crippen LogP contribution >= 0.6 is 0 Å². The van der Waals surface area contributed by atoms with E-state index in [1.165, 1.54) is 13.2 Å². The van der Waals surface area contributed by atoms with Crippen molar-refractivity contribution < 1.29 is 37.1 Å². The smallest absolute Gasteiger partial charge is 0.411 e. The first-order valence-electron chi connectivity index (χ1n) is 9.39. The molecule has 0 saturated carbocycles. The molecule has 9 nitrogen and oxygen atoms in total. The lowest BCUT2D eigenvalue weighted by molar-refractivity contribution is -0.122. The molecule has 11 heteroatoms. The second-order valence-electron chi connectivity index (χ2n) is 8.18. The van der Waals surface area contributed by atoms with Crippen LogP contribution in [-0.4, -0.2) is 54.2 Å². The lowest BCUT2D eigenvalue weighted by Crippen LogP contribution is -2.52. The van der Waals surface area contributed by atoms with Crippen molar-refractivity contribution in [2.45, 2.75) is 44.8 Å². The van der Waals surface area contributed by atoms with Crippen molar-refractivity contribution in [1.29, 1.82) is 0 Å². The third-order valence-electron chi connectivity index (χ3n) is 4.62. The quantitative estimate of drug-likeness (QED) is 0.783. The number of rotatable bonds is 3. The molecule has 1 aromatic carbocycles. The maximum atomic E-state index is 14.2. The minimum Gasteiger partial charge on any atom is -0.497 e. The number of methoxy groups -OCH3 is 1. The van der Waals surface area contributed by atoms with Gasteiger partial charge < -0.3 is 19.6 Å². The predicted molar refractivity (Wildman–Crippen MR) is 106 cm³/mol. The van der Waals surface area contributed by atoms with E-state index in [4.69, 9.17) is 19.6 Å². The highest BCUT2D eigenvalue weighted by molar-refractivity contribution is 6.19. The van der Waals surface area contributed by atoms with Crippen molar-refractivity contribution in [1.82, 2.24) is 4.90 Å². The number of urea groups is 1. The van der Waals surface area contributed by atoms with Gasteiger partial charge >= 0.3 is 12.1 Å². The maximum Gasteiger partial charge on any atom is 0.411 e. The van der Waals surface area contributed by atoms with Crippen LogP contribution in [0.5, 0.6) is 5.75 Å². The zero-order chi connectivity index (χ0) is 23.1. The molecule has 0 bridgehead atoms. The first-order chi connectivity index (χ1) is 14.3. The van der Waals surface area contributed by atoms with Crippen LogP contribution in [0.25, 0.3) is 11.0 Å². The number of anilines is 1. The number of hydrogen-bond acceptors (Lipinski definition) is 6. The molecular weight excluding hydrogens is 416 g/mol. The highest BCUT2D eigenvalue weighted by atomic mass is 19.3. The van der Waals surface area contributed by atoms with Gasteiger partial charge in [-0.15, -0.1) is 0 Å². The van der Waals surface area contributed by atoms with Gasteiger partial charge in [0.05, 0.1) is 19.3 Å². The molecule has 1 fully saturated rings. The zero-order valence-electron chi connectivity index (χ0n) is 17.5. The number of amides is 4. The molecule has 2 aromatic rings. The first kappa shape index (κ1) is 22.3. The molecule has 4 amide bonds. The van der Waals surface area contributed by atoms with Crippen LogP contribution in [-0.2, 0) is 9.53 Å². The number of furan rings is 1. The molecule has 1 aliphatic heterocycles. The van der Waals surface area contributed by atoms with E-state index in [1.54, 1.807) is 32.9 Å². The molecule has 0 radical (unpaired) electrons. The van der Waals surface area contributed by atoms with Gasteiger partial charge in [-0.25, -0.2) is 23.3 Å². The number of carbonyl (C=O) groups excluding carboxylic acids is 3. The number of nitrogens with two attached hydrogens (primary N) is 1. The van der Waals surface area contributed by atoms with E-state index in [9.17, 15) is 23.2 Å². The number of fused-ring (bicyclic) bond motifs is 1. The molecule has 1 saturated heterocycles. The topological polar surface area (TPSA) is 115 Å². The maximum absolute atomic E-state index is 14.2. The van der Waals surface area contributed by atoms with Crippen molar-refractivity contribution in [2.75, 3.05) is 18.6 Å². The number of halogens is 2. The minimum absolute atomic E-state index is 0.0502. The average Bonchev–Trinajstić information content (AvgIpc) is 3.20. The number of nitrogens with zero attached hydrogens (tertiary/aromatic N) is 2. The Labute approximate surface area is 176 Å². The lowest BCUT2D eigenvalue weighted by Gasteiger charge is -2.29. The first-order valence-corrected chi connectivity index (χ1v) is 9.39. The van der Waals surface area contributed by atoms with Gasteiger partial charge in [0.25, 0.3) is 11.8 Å². The summed E-state index contributed by atoms with van der Waals surface area (Å²) >= 11 is 0. The fourth-order valence-corrected chi connectivity index (χ4v) is 3.34. The molecule has 31 heavy (non-hydrogen) atoms. The second kappa shape index (κ2) is 7.71.